The molecule has 1 unspecified atom stereocenters. The summed E-state index contributed by atoms with van der Waals surface area (Å²) in [4.78, 5) is 14.1. The fourth-order valence-corrected chi connectivity index (χ4v) is 0.208. The van der Waals surface area contributed by atoms with E-state index in [1.54, 1.807) is 0 Å². The molecule has 0 aliphatic carbocycles. The molecule has 1 radical (unpaired) electrons. The van der Waals surface area contributed by atoms with E-state index >= 15 is 0 Å². The van der Waals surface area contributed by atoms with Crippen LogP contribution in [0.2, 0.25) is 0 Å². The van der Waals surface area contributed by atoms with E-state index in [-0.39, 0.29) is 6.10 Å². The summed E-state index contributed by atoms with van der Waals surface area (Å²) in [7, 11) is 0. The van der Waals surface area contributed by atoms with Gasteiger partial charge in [0, 0.05) is 0 Å². The van der Waals surface area contributed by atoms with Crippen LogP contribution in [-0.2, 0) is 9.63 Å². The van der Waals surface area contributed by atoms with Crippen LogP contribution < -0.4 is 5.48 Å². The van der Waals surface area contributed by atoms with Crippen LogP contribution in [0.1, 0.15) is 20.3 Å². The van der Waals surface area contributed by atoms with E-state index in [0.29, 0.717) is 0 Å². The Labute approximate surface area is 49.0 Å². The lowest BCUT2D eigenvalue weighted by Gasteiger charge is -2.04. The van der Waals surface area contributed by atoms with Gasteiger partial charge in [0.15, 0.2) is 0 Å². The molecule has 0 rings (SSSR count). The molecule has 8 heavy (non-hydrogen) atoms. The number of nitrogens with one attached hydrogen (secondary N) is 1. The quantitative estimate of drug-likeness (QED) is 0.425. The summed E-state index contributed by atoms with van der Waals surface area (Å²) in [6.45, 7) is 3.83. The van der Waals surface area contributed by atoms with Gasteiger partial charge >= 0.3 is 6.41 Å². The van der Waals surface area contributed by atoms with Crippen molar-refractivity contribution < 1.29 is 9.63 Å². The smallest absolute Gasteiger partial charge is 0.270 e. The van der Waals surface area contributed by atoms with Crippen LogP contribution in [0.5, 0.6) is 0 Å². The summed E-state index contributed by atoms with van der Waals surface area (Å²) in [5.74, 6) is 0. The summed E-state index contributed by atoms with van der Waals surface area (Å²) >= 11 is 0. The van der Waals surface area contributed by atoms with E-state index in [1.807, 2.05) is 19.3 Å². The zero-order valence-electron chi connectivity index (χ0n) is 5.10. The van der Waals surface area contributed by atoms with Crippen molar-refractivity contribution in [1.82, 2.24) is 5.48 Å². The number of rotatable bonds is 4. The van der Waals surface area contributed by atoms with Crippen LogP contribution >= 0.6 is 0 Å². The summed E-state index contributed by atoms with van der Waals surface area (Å²) < 4.78 is 0. The molecule has 1 atom stereocenters. The number of hydrogen-bond acceptors (Lipinski definition) is 2. The lowest BCUT2D eigenvalue weighted by atomic mass is 10.3. The summed E-state index contributed by atoms with van der Waals surface area (Å²) in [6, 6.07) is 0. The van der Waals surface area contributed by atoms with Crippen molar-refractivity contribution in [3.63, 3.8) is 0 Å². The highest BCUT2D eigenvalue weighted by Crippen LogP contribution is 1.90. The Bertz CT molecular complexity index is 65.4. The third kappa shape index (κ3) is 3.61. The number of hydrogen-bond donors (Lipinski definition) is 1. The molecule has 3 heteroatoms. The number of hydroxylamine groups is 1. The maximum Gasteiger partial charge on any atom is 0.335 e. The normalized spacial score (nSPS) is 12.8. The molecular weight excluding hydrogens is 106 g/mol. The van der Waals surface area contributed by atoms with Crippen molar-refractivity contribution in [3.8, 4) is 0 Å². The Hall–Kier alpha value is -0.570. The minimum Gasteiger partial charge on any atom is -0.270 e. The van der Waals surface area contributed by atoms with Crippen LogP contribution in [0.25, 0.3) is 0 Å². The highest BCUT2D eigenvalue weighted by atomic mass is 16.7. The largest absolute Gasteiger partial charge is 0.335 e. The monoisotopic (exact) mass is 116 g/mol. The molecule has 0 aromatic carbocycles. The zero-order valence-corrected chi connectivity index (χ0v) is 5.10. The van der Waals surface area contributed by atoms with E-state index < -0.39 is 0 Å². The molecule has 0 aromatic heterocycles. The van der Waals surface area contributed by atoms with E-state index in [2.05, 4.69) is 4.84 Å². The molecule has 47 valence electrons. The van der Waals surface area contributed by atoms with E-state index in [1.165, 1.54) is 6.41 Å². The second-order valence-corrected chi connectivity index (χ2v) is 1.54. The molecule has 1 N–H and O–H groups in total. The summed E-state index contributed by atoms with van der Waals surface area (Å²) in [5, 5.41) is 0. The molecule has 0 fully saturated rings. The first-order valence-corrected chi connectivity index (χ1v) is 2.59. The van der Waals surface area contributed by atoms with Gasteiger partial charge in [-0.1, -0.05) is 6.92 Å². The second-order valence-electron chi connectivity index (χ2n) is 1.54. The first-order chi connectivity index (χ1) is 3.81. The Morgan fingerprint density at radius 2 is 2.50 bits per heavy atom. The first kappa shape index (κ1) is 7.43. The van der Waals surface area contributed by atoms with Gasteiger partial charge in [0.2, 0.25) is 0 Å². The third-order valence-electron chi connectivity index (χ3n) is 0.877. The molecule has 0 heterocycles. The molecule has 1 amide bonds. The van der Waals surface area contributed by atoms with Gasteiger partial charge in [-0.15, -0.1) is 0 Å². The lowest BCUT2D eigenvalue weighted by molar-refractivity contribution is 0.0185. The fraction of sp³-hybridized carbons (Fsp3) is 0.800. The van der Waals surface area contributed by atoms with E-state index in [0.717, 1.165) is 6.42 Å². The molecular formula is C5H10NO2. The van der Waals surface area contributed by atoms with Crippen LogP contribution in [0, 0.1) is 0 Å². The zero-order chi connectivity index (χ0) is 6.41. The highest BCUT2D eigenvalue weighted by Gasteiger charge is 1.94. The average Bonchev–Trinajstić information content (AvgIpc) is 1.83. The lowest BCUT2D eigenvalue weighted by Crippen LogP contribution is -2.18. The SMILES string of the molecule is CCC(C)ON[C]=O. The maximum atomic E-state index is 9.46. The minimum absolute atomic E-state index is 0.0800. The van der Waals surface area contributed by atoms with Gasteiger partial charge in [-0.3, -0.25) is 9.63 Å². The van der Waals surface area contributed by atoms with Crippen LogP contribution in [-0.4, -0.2) is 12.5 Å². The molecule has 0 saturated carbocycles. The minimum atomic E-state index is 0.0800. The van der Waals surface area contributed by atoms with Gasteiger partial charge in [-0.2, -0.15) is 0 Å². The van der Waals surface area contributed by atoms with Crippen molar-refractivity contribution in [2.45, 2.75) is 26.4 Å². The summed E-state index contributed by atoms with van der Waals surface area (Å²) in [5.41, 5.74) is 1.99. The van der Waals surface area contributed by atoms with Gasteiger partial charge < -0.3 is 0 Å². The van der Waals surface area contributed by atoms with Crippen molar-refractivity contribution in [2.75, 3.05) is 0 Å². The molecule has 0 spiro atoms. The van der Waals surface area contributed by atoms with E-state index in [4.69, 9.17) is 0 Å². The second kappa shape index (κ2) is 4.59. The highest BCUT2D eigenvalue weighted by molar-refractivity contribution is 5.44. The molecule has 0 bridgehead atoms. The Morgan fingerprint density at radius 3 is 2.88 bits per heavy atom. The Kier molecular flexibility index (Phi) is 4.26. The van der Waals surface area contributed by atoms with Crippen LogP contribution in [0.4, 0.5) is 0 Å². The van der Waals surface area contributed by atoms with Crippen LogP contribution in [0.15, 0.2) is 0 Å². The summed E-state index contributed by atoms with van der Waals surface area (Å²) in [6.07, 6.45) is 2.37. The fourth-order valence-electron chi connectivity index (χ4n) is 0.208. The number of amides is 1. The first-order valence-electron chi connectivity index (χ1n) is 2.59. The van der Waals surface area contributed by atoms with Crippen molar-refractivity contribution in [3.05, 3.63) is 0 Å². The van der Waals surface area contributed by atoms with Gasteiger partial charge in [0.25, 0.3) is 0 Å². The maximum absolute atomic E-state index is 9.46. The molecule has 0 aliphatic heterocycles. The van der Waals surface area contributed by atoms with Crippen molar-refractivity contribution >= 4 is 6.41 Å². The molecule has 0 saturated heterocycles. The van der Waals surface area contributed by atoms with Gasteiger partial charge in [-0.25, -0.2) is 5.48 Å². The predicted octanol–water partition coefficient (Wildman–Crippen LogP) is 0.373. The topological polar surface area (TPSA) is 38.3 Å². The van der Waals surface area contributed by atoms with Crippen LogP contribution in [0.3, 0.4) is 0 Å². The van der Waals surface area contributed by atoms with Gasteiger partial charge in [0.1, 0.15) is 0 Å². The van der Waals surface area contributed by atoms with Crippen molar-refractivity contribution in [2.24, 2.45) is 0 Å². The Morgan fingerprint density at radius 1 is 1.88 bits per heavy atom. The molecule has 3 nitrogen and oxygen atoms in total. The van der Waals surface area contributed by atoms with E-state index in [9.17, 15) is 4.79 Å². The molecule has 0 aromatic rings. The van der Waals surface area contributed by atoms with Crippen molar-refractivity contribution in [1.29, 1.82) is 0 Å². The van der Waals surface area contributed by atoms with Gasteiger partial charge in [0.05, 0.1) is 6.10 Å². The average molecular weight is 116 g/mol. The predicted molar refractivity (Wildman–Crippen MR) is 29.7 cm³/mol. The third-order valence-corrected chi connectivity index (χ3v) is 0.877. The molecule has 0 aliphatic rings. The number of carbonyl (C=O) groups excluding carboxylic acids is 1. The van der Waals surface area contributed by atoms with Gasteiger partial charge in [-0.05, 0) is 13.3 Å². The standard InChI is InChI=1S/C5H10NO2/c1-3-5(2)8-6-4-7/h5H,3H2,1-2H3,(H,6,7). The Balaban J connectivity index is 2.97.